The van der Waals surface area contributed by atoms with Crippen molar-refractivity contribution in [3.8, 4) is 0 Å². The third-order valence-electron chi connectivity index (χ3n) is 3.82. The summed E-state index contributed by atoms with van der Waals surface area (Å²) >= 11 is 3.59. The molecule has 1 aliphatic rings. The Morgan fingerprint density at radius 3 is 2.74 bits per heavy atom. The second kappa shape index (κ2) is 5.63. The quantitative estimate of drug-likeness (QED) is 0.845. The molecule has 0 radical (unpaired) electrons. The van der Waals surface area contributed by atoms with Crippen LogP contribution in [0.3, 0.4) is 0 Å². The average Bonchev–Trinajstić information content (AvgIpc) is 3.09. The first kappa shape index (κ1) is 14.5. The molecule has 0 spiro atoms. The second-order valence-electron chi connectivity index (χ2n) is 5.94. The Bertz CT molecular complexity index is 473. The van der Waals surface area contributed by atoms with E-state index in [-0.39, 0.29) is 11.3 Å². The molecule has 4 heteroatoms. The molecule has 1 fully saturated rings. The lowest BCUT2D eigenvalue weighted by Gasteiger charge is -2.27. The van der Waals surface area contributed by atoms with Crippen LogP contribution < -0.4 is 5.32 Å². The van der Waals surface area contributed by atoms with E-state index in [2.05, 4.69) is 47.2 Å². The number of rotatable bonds is 6. The summed E-state index contributed by atoms with van der Waals surface area (Å²) in [7, 11) is 0. The van der Waals surface area contributed by atoms with Gasteiger partial charge in [0, 0.05) is 16.4 Å². The van der Waals surface area contributed by atoms with Gasteiger partial charge in [-0.3, -0.25) is 4.79 Å². The molecular formula is C15H20BrNO2. The largest absolute Gasteiger partial charge is 0.481 e. The van der Waals surface area contributed by atoms with Crippen molar-refractivity contribution in [3.63, 3.8) is 0 Å². The fourth-order valence-electron chi connectivity index (χ4n) is 2.45. The van der Waals surface area contributed by atoms with E-state index >= 15 is 0 Å². The van der Waals surface area contributed by atoms with Crippen LogP contribution in [0, 0.1) is 11.8 Å². The molecule has 1 saturated carbocycles. The zero-order valence-electron chi connectivity index (χ0n) is 11.3. The van der Waals surface area contributed by atoms with Crippen LogP contribution in [0.5, 0.6) is 0 Å². The Balaban J connectivity index is 1.85. The first-order valence-electron chi connectivity index (χ1n) is 6.60. The van der Waals surface area contributed by atoms with E-state index in [1.165, 1.54) is 5.56 Å². The van der Waals surface area contributed by atoms with Gasteiger partial charge in [-0.15, -0.1) is 0 Å². The van der Waals surface area contributed by atoms with Crippen LogP contribution in [-0.2, 0) is 10.2 Å². The molecule has 2 unspecified atom stereocenters. The molecule has 0 aliphatic heterocycles. The Hall–Kier alpha value is -0.870. The molecule has 0 saturated heterocycles. The highest BCUT2D eigenvalue weighted by molar-refractivity contribution is 9.10. The van der Waals surface area contributed by atoms with Gasteiger partial charge in [0.25, 0.3) is 0 Å². The van der Waals surface area contributed by atoms with E-state index in [0.717, 1.165) is 24.0 Å². The molecule has 1 aliphatic carbocycles. The molecule has 2 atom stereocenters. The van der Waals surface area contributed by atoms with E-state index in [1.807, 2.05) is 12.1 Å². The molecule has 0 amide bonds. The average molecular weight is 326 g/mol. The lowest BCUT2D eigenvalue weighted by atomic mass is 9.84. The first-order valence-corrected chi connectivity index (χ1v) is 7.39. The maximum absolute atomic E-state index is 10.8. The predicted octanol–water partition coefficient (Wildman–Crippen LogP) is 3.04. The number of halogens is 1. The van der Waals surface area contributed by atoms with Gasteiger partial charge in [0.2, 0.25) is 0 Å². The summed E-state index contributed by atoms with van der Waals surface area (Å²) in [6, 6.07) is 8.24. The lowest BCUT2D eigenvalue weighted by Crippen LogP contribution is -2.34. The minimum absolute atomic E-state index is 0.0215. The predicted molar refractivity (Wildman–Crippen MR) is 79.3 cm³/mol. The molecule has 3 nitrogen and oxygen atoms in total. The summed E-state index contributed by atoms with van der Waals surface area (Å²) in [6.45, 7) is 6.03. The Morgan fingerprint density at radius 2 is 2.16 bits per heavy atom. The first-order chi connectivity index (χ1) is 8.92. The number of hydrogen-bond acceptors (Lipinski definition) is 2. The molecule has 0 heterocycles. The molecule has 104 valence electrons. The normalized spacial score (nSPS) is 22.3. The monoisotopic (exact) mass is 325 g/mol. The van der Waals surface area contributed by atoms with Crippen LogP contribution >= 0.6 is 15.9 Å². The smallest absolute Gasteiger partial charge is 0.306 e. The van der Waals surface area contributed by atoms with Crippen molar-refractivity contribution in [3.05, 3.63) is 34.3 Å². The Kier molecular flexibility index (Phi) is 4.31. The van der Waals surface area contributed by atoms with Crippen molar-refractivity contribution >= 4 is 21.9 Å². The summed E-state index contributed by atoms with van der Waals surface area (Å²) in [5.41, 5.74) is 1.29. The van der Waals surface area contributed by atoms with Gasteiger partial charge >= 0.3 is 5.97 Å². The van der Waals surface area contributed by atoms with Gasteiger partial charge in [0.15, 0.2) is 0 Å². The van der Waals surface area contributed by atoms with Gasteiger partial charge in [-0.05, 0) is 30.5 Å². The molecular weight excluding hydrogens is 306 g/mol. The van der Waals surface area contributed by atoms with Crippen molar-refractivity contribution < 1.29 is 9.90 Å². The van der Waals surface area contributed by atoms with Crippen LogP contribution in [0.15, 0.2) is 28.7 Å². The molecule has 0 bridgehead atoms. The summed E-state index contributed by atoms with van der Waals surface area (Å²) in [5, 5.41) is 12.3. The van der Waals surface area contributed by atoms with Gasteiger partial charge in [0.05, 0.1) is 5.92 Å². The fourth-order valence-corrected chi connectivity index (χ4v) is 3.27. The minimum atomic E-state index is -0.656. The third-order valence-corrected chi connectivity index (χ3v) is 4.51. The van der Waals surface area contributed by atoms with Crippen LogP contribution in [0.25, 0.3) is 0 Å². The van der Waals surface area contributed by atoms with Gasteiger partial charge in [-0.25, -0.2) is 0 Å². The molecule has 1 aromatic rings. The molecule has 1 aromatic carbocycles. The van der Waals surface area contributed by atoms with E-state index in [4.69, 9.17) is 5.11 Å². The highest BCUT2D eigenvalue weighted by Gasteiger charge is 2.42. The summed E-state index contributed by atoms with van der Waals surface area (Å²) < 4.78 is 1.12. The van der Waals surface area contributed by atoms with Crippen molar-refractivity contribution in [2.24, 2.45) is 11.8 Å². The second-order valence-corrected chi connectivity index (χ2v) is 6.79. The SMILES string of the molecule is CC(C)(CNCC1CC1C(=O)O)c1ccccc1Br. The van der Waals surface area contributed by atoms with Crippen LogP contribution in [-0.4, -0.2) is 24.2 Å². The van der Waals surface area contributed by atoms with Crippen molar-refractivity contribution in [2.45, 2.75) is 25.7 Å². The van der Waals surface area contributed by atoms with E-state index in [1.54, 1.807) is 0 Å². The molecule has 2 rings (SSSR count). The molecule has 0 aromatic heterocycles. The van der Waals surface area contributed by atoms with E-state index in [0.29, 0.717) is 5.92 Å². The van der Waals surface area contributed by atoms with Crippen molar-refractivity contribution in [1.29, 1.82) is 0 Å². The van der Waals surface area contributed by atoms with Gasteiger partial charge in [-0.2, -0.15) is 0 Å². The maximum Gasteiger partial charge on any atom is 0.306 e. The summed E-state index contributed by atoms with van der Waals surface area (Å²) in [4.78, 5) is 10.8. The maximum atomic E-state index is 10.8. The van der Waals surface area contributed by atoms with E-state index < -0.39 is 5.97 Å². The highest BCUT2D eigenvalue weighted by Crippen LogP contribution is 2.38. The zero-order chi connectivity index (χ0) is 14.0. The summed E-state index contributed by atoms with van der Waals surface area (Å²) in [5.74, 6) is -0.469. The number of hydrogen-bond donors (Lipinski definition) is 2. The van der Waals surface area contributed by atoms with Gasteiger partial charge < -0.3 is 10.4 Å². The summed E-state index contributed by atoms with van der Waals surface area (Å²) in [6.07, 6.45) is 0.817. The van der Waals surface area contributed by atoms with Crippen molar-refractivity contribution in [1.82, 2.24) is 5.32 Å². The van der Waals surface area contributed by atoms with Gasteiger partial charge in [-0.1, -0.05) is 48.0 Å². The Morgan fingerprint density at radius 1 is 1.47 bits per heavy atom. The van der Waals surface area contributed by atoms with Crippen LogP contribution in [0.1, 0.15) is 25.8 Å². The number of carboxylic acid groups (broad SMARTS) is 1. The highest BCUT2D eigenvalue weighted by atomic mass is 79.9. The van der Waals surface area contributed by atoms with E-state index in [9.17, 15) is 4.79 Å². The topological polar surface area (TPSA) is 49.3 Å². The standard InChI is InChI=1S/C15H20BrNO2/c1-15(2,12-5-3-4-6-13(12)16)9-17-8-10-7-11(10)14(18)19/h3-6,10-11,17H,7-9H2,1-2H3,(H,18,19). The third kappa shape index (κ3) is 3.57. The van der Waals surface area contributed by atoms with Crippen molar-refractivity contribution in [2.75, 3.05) is 13.1 Å². The fraction of sp³-hybridized carbons (Fsp3) is 0.533. The number of carbonyl (C=O) groups is 1. The van der Waals surface area contributed by atoms with Crippen LogP contribution in [0.2, 0.25) is 0 Å². The number of aliphatic carboxylic acids is 1. The molecule has 19 heavy (non-hydrogen) atoms. The molecule has 2 N–H and O–H groups in total. The minimum Gasteiger partial charge on any atom is -0.481 e. The van der Waals surface area contributed by atoms with Crippen LogP contribution in [0.4, 0.5) is 0 Å². The lowest BCUT2D eigenvalue weighted by molar-refractivity contribution is -0.138. The number of carboxylic acids is 1. The Labute approximate surface area is 122 Å². The number of benzene rings is 1. The number of nitrogens with one attached hydrogen (secondary N) is 1. The zero-order valence-corrected chi connectivity index (χ0v) is 12.9. The van der Waals surface area contributed by atoms with Gasteiger partial charge in [0.1, 0.15) is 0 Å².